The second kappa shape index (κ2) is 10.5. The highest BCUT2D eigenvalue weighted by atomic mass is 28.3. The molecule has 9 rings (SSSR count). The highest BCUT2D eigenvalue weighted by Crippen LogP contribution is 2.28. The molecule has 6 nitrogen and oxygen atoms in total. The van der Waals surface area contributed by atoms with E-state index in [0.717, 1.165) is 38.4 Å². The molecule has 0 aliphatic carbocycles. The Bertz CT molecular complexity index is 2320. The van der Waals surface area contributed by atoms with Crippen molar-refractivity contribution in [3.63, 3.8) is 0 Å². The van der Waals surface area contributed by atoms with E-state index in [1.165, 1.54) is 16.1 Å². The molecule has 1 unspecified atom stereocenters. The zero-order valence-corrected chi connectivity index (χ0v) is 25.7. The molecule has 8 aromatic rings. The van der Waals surface area contributed by atoms with E-state index in [-0.39, 0.29) is 0 Å². The highest BCUT2D eigenvalue weighted by Gasteiger charge is 2.52. The number of nitrogens with zero attached hydrogens (tertiary/aromatic N) is 6. The van der Waals surface area contributed by atoms with Crippen molar-refractivity contribution >= 4 is 40.1 Å². The smallest absolute Gasteiger partial charge is 0.227 e. The van der Waals surface area contributed by atoms with E-state index < -0.39 is 8.07 Å². The molecule has 3 aromatic heterocycles. The molecular formula is C39H26N6Si. The second-order valence-electron chi connectivity index (χ2n) is 11.4. The normalized spacial score (nSPS) is 15.0. The lowest BCUT2D eigenvalue weighted by Gasteiger charge is -2.28. The maximum Gasteiger partial charge on any atom is 0.227 e. The maximum atomic E-state index is 5.38. The molecule has 0 saturated carbocycles. The largest absolute Gasteiger partial charge is 0.299 e. The first-order valence-corrected chi connectivity index (χ1v) is 17.3. The van der Waals surface area contributed by atoms with Crippen molar-refractivity contribution in [1.82, 2.24) is 29.5 Å². The number of imidazole rings is 1. The van der Waals surface area contributed by atoms with Crippen LogP contribution in [0.1, 0.15) is 0 Å². The number of hydrogen-bond donors (Lipinski definition) is 0. The zero-order chi connectivity index (χ0) is 30.5. The average Bonchev–Trinajstić information content (AvgIpc) is 3.66. The predicted molar refractivity (Wildman–Crippen MR) is 186 cm³/mol. The molecule has 0 bridgehead atoms. The number of rotatable bonds is 5. The molecule has 1 atom stereocenters. The lowest BCUT2D eigenvalue weighted by Crippen LogP contribution is -2.73. The molecule has 5 aromatic carbocycles. The van der Waals surface area contributed by atoms with E-state index in [4.69, 9.17) is 24.9 Å². The van der Waals surface area contributed by atoms with Crippen molar-refractivity contribution in [1.29, 1.82) is 0 Å². The molecule has 216 valence electrons. The minimum atomic E-state index is -2.91. The van der Waals surface area contributed by atoms with Gasteiger partial charge in [-0.1, -0.05) is 121 Å². The molecule has 0 N–H and O–H groups in total. The van der Waals surface area contributed by atoms with E-state index in [1.54, 1.807) is 0 Å². The van der Waals surface area contributed by atoms with Gasteiger partial charge >= 0.3 is 0 Å². The van der Waals surface area contributed by atoms with E-state index in [1.807, 2.05) is 73.1 Å². The standard InChI is InChI=1S/C39H26N6Si/c1-4-14-27(15-5-1)36-42-37(28-16-6-2-7-17-28)44-38(43-36)29-24-31(26-40-25-29)46(30-18-8-3-9-19-30)35-23-13-12-22-34(35)45-33-21-11-10-20-32(33)41-39(45)46/h1-26H. The summed E-state index contributed by atoms with van der Waals surface area (Å²) in [6, 6.07) is 50.3. The Morgan fingerprint density at radius 3 is 1.72 bits per heavy atom. The van der Waals surface area contributed by atoms with Gasteiger partial charge in [0.25, 0.3) is 0 Å². The summed E-state index contributed by atoms with van der Waals surface area (Å²) >= 11 is 0. The molecule has 7 heteroatoms. The second-order valence-corrected chi connectivity index (χ2v) is 15.0. The van der Waals surface area contributed by atoms with Gasteiger partial charge in [0, 0.05) is 34.8 Å². The first-order chi connectivity index (χ1) is 22.8. The molecule has 0 radical (unpaired) electrons. The molecule has 0 spiro atoms. The van der Waals surface area contributed by atoms with Gasteiger partial charge in [0.15, 0.2) is 17.5 Å². The van der Waals surface area contributed by atoms with Crippen LogP contribution in [-0.4, -0.2) is 37.6 Å². The summed E-state index contributed by atoms with van der Waals surface area (Å²) in [4.78, 5) is 25.2. The number of hydrogen-bond acceptors (Lipinski definition) is 5. The van der Waals surface area contributed by atoms with E-state index in [9.17, 15) is 0 Å². The van der Waals surface area contributed by atoms with Crippen LogP contribution in [0.5, 0.6) is 0 Å². The summed E-state index contributed by atoms with van der Waals surface area (Å²) < 4.78 is 2.36. The van der Waals surface area contributed by atoms with Crippen LogP contribution in [0.3, 0.4) is 0 Å². The topological polar surface area (TPSA) is 69.4 Å². The van der Waals surface area contributed by atoms with Gasteiger partial charge < -0.3 is 0 Å². The van der Waals surface area contributed by atoms with Gasteiger partial charge in [-0.25, -0.2) is 19.9 Å². The summed E-state index contributed by atoms with van der Waals surface area (Å²) in [7, 11) is -2.91. The zero-order valence-electron chi connectivity index (χ0n) is 24.7. The highest BCUT2D eigenvalue weighted by molar-refractivity contribution is 7.20. The molecule has 0 amide bonds. The van der Waals surface area contributed by atoms with E-state index >= 15 is 0 Å². The molecule has 0 saturated heterocycles. The summed E-state index contributed by atoms with van der Waals surface area (Å²) in [6.07, 6.45) is 3.88. The van der Waals surface area contributed by atoms with Gasteiger partial charge in [-0.05, 0) is 39.8 Å². The fraction of sp³-hybridized carbons (Fsp3) is 0. The number of benzene rings is 5. The van der Waals surface area contributed by atoms with Crippen LogP contribution in [0.2, 0.25) is 0 Å². The fourth-order valence-corrected chi connectivity index (χ4v) is 11.6. The molecule has 4 heterocycles. The molecule has 1 aliphatic heterocycles. The van der Waals surface area contributed by atoms with Crippen LogP contribution in [0, 0.1) is 0 Å². The summed E-state index contributed by atoms with van der Waals surface area (Å²) in [5, 5.41) is 3.67. The van der Waals surface area contributed by atoms with Crippen molar-refractivity contribution in [3.05, 3.63) is 158 Å². The Morgan fingerprint density at radius 2 is 1.02 bits per heavy atom. The lowest BCUT2D eigenvalue weighted by atomic mass is 10.1. The maximum absolute atomic E-state index is 5.38. The number of para-hydroxylation sites is 3. The summed E-state index contributed by atoms with van der Waals surface area (Å²) in [5.74, 6) is 1.83. The van der Waals surface area contributed by atoms with Crippen molar-refractivity contribution in [2.24, 2.45) is 0 Å². The van der Waals surface area contributed by atoms with E-state index in [2.05, 4.69) is 89.5 Å². The van der Waals surface area contributed by atoms with Crippen LogP contribution in [-0.2, 0) is 0 Å². The predicted octanol–water partition coefficient (Wildman–Crippen LogP) is 5.30. The Hall–Kier alpha value is -6.05. The summed E-state index contributed by atoms with van der Waals surface area (Å²) in [6.45, 7) is 0. The quantitative estimate of drug-likeness (QED) is 0.249. The SMILES string of the molecule is c1ccc(-c2nc(-c3ccccc3)nc(-c3cncc([Si]4(c5ccccc5)c5ccccc5-n5c4nc4ccccc45)c3)n2)cc1. The van der Waals surface area contributed by atoms with Crippen LogP contribution < -0.4 is 21.0 Å². The number of fused-ring (bicyclic) bond motifs is 5. The average molecular weight is 607 g/mol. The Kier molecular flexibility index (Phi) is 6.04. The Morgan fingerprint density at radius 1 is 0.457 bits per heavy atom. The minimum absolute atomic E-state index is 0.582. The Balaban J connectivity index is 1.32. The van der Waals surface area contributed by atoms with Crippen molar-refractivity contribution in [2.45, 2.75) is 0 Å². The first-order valence-electron chi connectivity index (χ1n) is 15.3. The van der Waals surface area contributed by atoms with Crippen LogP contribution >= 0.6 is 0 Å². The van der Waals surface area contributed by atoms with Gasteiger partial charge in [-0.3, -0.25) is 9.55 Å². The van der Waals surface area contributed by atoms with Crippen LogP contribution in [0.4, 0.5) is 0 Å². The van der Waals surface area contributed by atoms with Gasteiger partial charge in [0.2, 0.25) is 8.07 Å². The number of pyridine rings is 1. The van der Waals surface area contributed by atoms with Crippen LogP contribution in [0.25, 0.3) is 50.9 Å². The number of aromatic nitrogens is 6. The fourth-order valence-electron chi connectivity index (χ4n) is 6.76. The minimum Gasteiger partial charge on any atom is -0.299 e. The lowest BCUT2D eigenvalue weighted by molar-refractivity contribution is 1.07. The molecule has 46 heavy (non-hydrogen) atoms. The third kappa shape index (κ3) is 3.99. The summed E-state index contributed by atoms with van der Waals surface area (Å²) in [5.41, 5.74) is 7.04. The third-order valence-corrected chi connectivity index (χ3v) is 13.4. The Labute approximate surface area is 266 Å². The van der Waals surface area contributed by atoms with Gasteiger partial charge in [0.05, 0.1) is 11.0 Å². The van der Waals surface area contributed by atoms with Crippen molar-refractivity contribution in [3.8, 4) is 39.9 Å². The van der Waals surface area contributed by atoms with Crippen molar-refractivity contribution < 1.29 is 0 Å². The molecular weight excluding hydrogens is 581 g/mol. The monoisotopic (exact) mass is 606 g/mol. The van der Waals surface area contributed by atoms with Gasteiger partial charge in [-0.2, -0.15) is 0 Å². The van der Waals surface area contributed by atoms with Gasteiger partial charge in [0.1, 0.15) is 5.45 Å². The van der Waals surface area contributed by atoms with Crippen molar-refractivity contribution in [2.75, 3.05) is 0 Å². The molecule has 0 fully saturated rings. The van der Waals surface area contributed by atoms with Gasteiger partial charge in [-0.15, -0.1) is 0 Å². The van der Waals surface area contributed by atoms with E-state index in [0.29, 0.717) is 17.5 Å². The van der Waals surface area contributed by atoms with Crippen LogP contribution in [0.15, 0.2) is 158 Å². The molecule has 1 aliphatic rings. The first kappa shape index (κ1) is 26.4. The third-order valence-electron chi connectivity index (χ3n) is 8.78.